The Hall–Kier alpha value is -2.40. The predicted molar refractivity (Wildman–Crippen MR) is 106 cm³/mol. The second-order valence-corrected chi connectivity index (χ2v) is 7.76. The highest BCUT2D eigenvalue weighted by molar-refractivity contribution is 7.80. The molecule has 2 aliphatic rings. The van der Waals surface area contributed by atoms with Crippen LogP contribution < -0.4 is 4.90 Å². The Kier molecular flexibility index (Phi) is 3.54. The normalized spacial score (nSPS) is 16.8. The third-order valence-corrected chi connectivity index (χ3v) is 5.84. The number of rotatable bonds is 3. The van der Waals surface area contributed by atoms with Crippen LogP contribution in [0.15, 0.2) is 53.8 Å². The van der Waals surface area contributed by atoms with Gasteiger partial charge in [0, 0.05) is 46.7 Å². The van der Waals surface area contributed by atoms with E-state index in [-0.39, 0.29) is 0 Å². The van der Waals surface area contributed by atoms with Gasteiger partial charge in [-0.25, -0.2) is 9.97 Å². The smallest absolute Gasteiger partial charge is 0.229 e. The van der Waals surface area contributed by atoms with Gasteiger partial charge in [-0.1, -0.05) is 13.0 Å². The summed E-state index contributed by atoms with van der Waals surface area (Å²) in [5.74, 6) is 0.754. The molecule has 1 aromatic carbocycles. The van der Waals surface area contributed by atoms with Crippen LogP contribution in [0.3, 0.4) is 0 Å². The van der Waals surface area contributed by atoms with Crippen LogP contribution in [0, 0.1) is 0 Å². The number of aryl methyl sites for hydroxylation is 1. The number of benzene rings is 1. The molecule has 0 unspecified atom stereocenters. The number of aromatic nitrogens is 3. The minimum Gasteiger partial charge on any atom is -0.309 e. The van der Waals surface area contributed by atoms with Crippen molar-refractivity contribution in [2.24, 2.45) is 0 Å². The van der Waals surface area contributed by atoms with Gasteiger partial charge < -0.3 is 4.90 Å². The van der Waals surface area contributed by atoms with Gasteiger partial charge in [-0.15, -0.1) is 12.6 Å². The minimum atomic E-state index is 0.301. The fourth-order valence-electron chi connectivity index (χ4n) is 3.87. The van der Waals surface area contributed by atoms with Gasteiger partial charge in [-0.2, -0.15) is 0 Å². The highest BCUT2D eigenvalue weighted by Crippen LogP contribution is 2.57. The summed E-state index contributed by atoms with van der Waals surface area (Å²) >= 11 is 4.52. The van der Waals surface area contributed by atoms with Crippen LogP contribution in [-0.4, -0.2) is 21.5 Å². The molecule has 3 aromatic rings. The van der Waals surface area contributed by atoms with Gasteiger partial charge in [0.25, 0.3) is 0 Å². The molecule has 1 saturated carbocycles. The summed E-state index contributed by atoms with van der Waals surface area (Å²) < 4.78 is 0. The van der Waals surface area contributed by atoms with E-state index < -0.39 is 0 Å². The molecular formula is C21H20N4S. The zero-order valence-corrected chi connectivity index (χ0v) is 15.6. The van der Waals surface area contributed by atoms with Crippen LogP contribution in [-0.2, 0) is 11.8 Å². The first-order valence-electron chi connectivity index (χ1n) is 9.07. The van der Waals surface area contributed by atoms with Crippen LogP contribution >= 0.6 is 12.6 Å². The lowest BCUT2D eigenvalue weighted by molar-refractivity contribution is 0.735. The maximum absolute atomic E-state index is 4.66. The first kappa shape index (κ1) is 15.8. The number of anilines is 2. The number of nitrogens with zero attached hydrogens (tertiary/aromatic N) is 4. The summed E-state index contributed by atoms with van der Waals surface area (Å²) in [7, 11) is 0. The Bertz CT molecular complexity index is 980. The zero-order chi connectivity index (χ0) is 17.7. The Morgan fingerprint density at radius 2 is 1.88 bits per heavy atom. The molecule has 5 rings (SSSR count). The maximum atomic E-state index is 4.66. The highest BCUT2D eigenvalue weighted by Gasteiger charge is 2.52. The summed E-state index contributed by atoms with van der Waals surface area (Å²) in [6.45, 7) is 3.11. The van der Waals surface area contributed by atoms with Gasteiger partial charge >= 0.3 is 0 Å². The summed E-state index contributed by atoms with van der Waals surface area (Å²) in [5, 5.41) is 0. The summed E-state index contributed by atoms with van der Waals surface area (Å²) in [6, 6.07) is 10.6. The minimum absolute atomic E-state index is 0.301. The molecule has 4 nitrogen and oxygen atoms in total. The van der Waals surface area contributed by atoms with Gasteiger partial charge in [-0.05, 0) is 54.7 Å². The van der Waals surface area contributed by atoms with Gasteiger partial charge in [0.15, 0.2) is 0 Å². The Balaban J connectivity index is 1.50. The van der Waals surface area contributed by atoms with E-state index in [0.717, 1.165) is 35.1 Å². The van der Waals surface area contributed by atoms with Crippen molar-refractivity contribution < 1.29 is 0 Å². The average Bonchev–Trinajstić information content (AvgIpc) is 3.39. The monoisotopic (exact) mass is 360 g/mol. The molecule has 0 radical (unpaired) electrons. The number of fused-ring (bicyclic) bond motifs is 2. The van der Waals surface area contributed by atoms with E-state index in [9.17, 15) is 0 Å². The van der Waals surface area contributed by atoms with E-state index in [1.54, 1.807) is 0 Å². The molecule has 0 atom stereocenters. The molecule has 1 aliphatic heterocycles. The predicted octanol–water partition coefficient (Wildman–Crippen LogP) is 4.57. The maximum Gasteiger partial charge on any atom is 0.229 e. The number of hydrogen-bond acceptors (Lipinski definition) is 5. The molecule has 0 amide bonds. The first-order valence-corrected chi connectivity index (χ1v) is 9.52. The van der Waals surface area contributed by atoms with E-state index in [1.165, 1.54) is 29.7 Å². The lowest BCUT2D eigenvalue weighted by Gasteiger charge is -2.18. The van der Waals surface area contributed by atoms with Crippen LogP contribution in [0.4, 0.5) is 11.6 Å². The van der Waals surface area contributed by atoms with Crippen molar-refractivity contribution in [2.45, 2.75) is 36.5 Å². The second kappa shape index (κ2) is 5.81. The Morgan fingerprint density at radius 1 is 1.08 bits per heavy atom. The molecule has 26 heavy (non-hydrogen) atoms. The van der Waals surface area contributed by atoms with Crippen molar-refractivity contribution >= 4 is 24.3 Å². The lowest BCUT2D eigenvalue weighted by Crippen LogP contribution is -2.21. The number of hydrogen-bond donors (Lipinski definition) is 1. The van der Waals surface area contributed by atoms with Gasteiger partial charge in [0.1, 0.15) is 0 Å². The molecule has 0 saturated heterocycles. The molecule has 1 fully saturated rings. The van der Waals surface area contributed by atoms with Crippen molar-refractivity contribution in [1.29, 1.82) is 0 Å². The van der Waals surface area contributed by atoms with Crippen molar-refractivity contribution in [3.63, 3.8) is 0 Å². The van der Waals surface area contributed by atoms with Gasteiger partial charge in [0.05, 0.1) is 5.69 Å². The van der Waals surface area contributed by atoms with E-state index in [4.69, 9.17) is 0 Å². The topological polar surface area (TPSA) is 41.9 Å². The summed E-state index contributed by atoms with van der Waals surface area (Å²) in [4.78, 5) is 17.0. The summed E-state index contributed by atoms with van der Waals surface area (Å²) in [5.41, 5.74) is 6.07. The largest absolute Gasteiger partial charge is 0.309 e. The molecule has 2 aromatic heterocycles. The average molecular weight is 360 g/mol. The van der Waals surface area contributed by atoms with E-state index in [1.807, 2.05) is 24.7 Å². The first-order chi connectivity index (χ1) is 12.7. The third-order valence-electron chi connectivity index (χ3n) is 5.57. The van der Waals surface area contributed by atoms with E-state index in [0.29, 0.717) is 5.41 Å². The molecule has 3 heterocycles. The van der Waals surface area contributed by atoms with Crippen LogP contribution in [0.2, 0.25) is 0 Å². The van der Waals surface area contributed by atoms with E-state index >= 15 is 0 Å². The van der Waals surface area contributed by atoms with Crippen molar-refractivity contribution in [3.05, 3.63) is 60.0 Å². The molecular weight excluding hydrogens is 340 g/mol. The number of pyridine rings is 1. The number of thiol groups is 1. The molecule has 130 valence electrons. The third kappa shape index (κ3) is 2.50. The van der Waals surface area contributed by atoms with Crippen LogP contribution in [0.1, 0.15) is 30.9 Å². The quantitative estimate of drug-likeness (QED) is 0.695. The second-order valence-electron chi connectivity index (χ2n) is 7.24. The Morgan fingerprint density at radius 3 is 2.62 bits per heavy atom. The molecule has 0 bridgehead atoms. The zero-order valence-electron chi connectivity index (χ0n) is 14.7. The molecule has 1 aliphatic carbocycles. The van der Waals surface area contributed by atoms with Crippen LogP contribution in [0.5, 0.6) is 0 Å². The van der Waals surface area contributed by atoms with Crippen molar-refractivity contribution in [3.8, 4) is 11.3 Å². The van der Waals surface area contributed by atoms with E-state index in [2.05, 4.69) is 63.7 Å². The lowest BCUT2D eigenvalue weighted by atomic mass is 9.99. The Labute approximate surface area is 158 Å². The van der Waals surface area contributed by atoms with Gasteiger partial charge in [-0.3, -0.25) is 4.98 Å². The molecule has 5 heteroatoms. The summed E-state index contributed by atoms with van der Waals surface area (Å²) in [6.07, 6.45) is 9.10. The standard InChI is InChI=1S/C21H20N4S/c1-2-14-5-8-22-18(9-14)15-11-23-20(24-12-15)25-13-21(6-7-21)17-4-3-16(26)10-19(17)25/h3-5,8-12,26H,2,6-7,13H2,1H3. The van der Waals surface area contributed by atoms with Gasteiger partial charge in [0.2, 0.25) is 5.95 Å². The highest BCUT2D eigenvalue weighted by atomic mass is 32.1. The fourth-order valence-corrected chi connectivity index (χ4v) is 4.06. The molecule has 1 spiro atoms. The van der Waals surface area contributed by atoms with Crippen molar-refractivity contribution in [1.82, 2.24) is 15.0 Å². The fraction of sp³-hybridized carbons (Fsp3) is 0.286. The SMILES string of the molecule is CCc1ccnc(-c2cnc(N3CC4(CC4)c4ccc(S)cc43)nc2)c1. The molecule has 0 N–H and O–H groups in total. The van der Waals surface area contributed by atoms with Crippen LogP contribution in [0.25, 0.3) is 11.3 Å². The van der Waals surface area contributed by atoms with Crippen molar-refractivity contribution in [2.75, 3.05) is 11.4 Å².